The molecular formula is C19H17NO2. The lowest BCUT2D eigenvalue weighted by Crippen LogP contribution is -2.10. The van der Waals surface area contributed by atoms with Crippen LogP contribution in [0, 0.1) is 13.8 Å². The second-order valence-corrected chi connectivity index (χ2v) is 5.28. The number of hydrogen-bond acceptors (Lipinski definition) is 2. The van der Waals surface area contributed by atoms with E-state index in [0.29, 0.717) is 11.5 Å². The summed E-state index contributed by atoms with van der Waals surface area (Å²) in [6, 6.07) is 19.0. The van der Waals surface area contributed by atoms with Crippen LogP contribution in [-0.4, -0.2) is 5.91 Å². The molecule has 0 fully saturated rings. The van der Waals surface area contributed by atoms with Crippen molar-refractivity contribution in [2.45, 2.75) is 13.8 Å². The van der Waals surface area contributed by atoms with E-state index in [1.54, 1.807) is 6.07 Å². The molecule has 1 aromatic heterocycles. The zero-order valence-corrected chi connectivity index (χ0v) is 12.6. The Labute approximate surface area is 129 Å². The van der Waals surface area contributed by atoms with Gasteiger partial charge in [-0.05, 0) is 55.3 Å². The van der Waals surface area contributed by atoms with Gasteiger partial charge >= 0.3 is 0 Å². The zero-order valence-electron chi connectivity index (χ0n) is 12.6. The van der Waals surface area contributed by atoms with Crippen molar-refractivity contribution < 1.29 is 9.21 Å². The number of furan rings is 1. The highest BCUT2D eigenvalue weighted by atomic mass is 16.3. The highest BCUT2D eigenvalue weighted by Gasteiger charge is 2.12. The van der Waals surface area contributed by atoms with Crippen molar-refractivity contribution in [3.63, 3.8) is 0 Å². The van der Waals surface area contributed by atoms with Gasteiger partial charge in [0.05, 0.1) is 0 Å². The molecule has 0 unspecified atom stereocenters. The number of nitrogens with one attached hydrogen (secondary N) is 1. The Morgan fingerprint density at radius 2 is 1.68 bits per heavy atom. The van der Waals surface area contributed by atoms with E-state index in [1.165, 1.54) is 11.1 Å². The van der Waals surface area contributed by atoms with Crippen LogP contribution in [0.15, 0.2) is 65.1 Å². The summed E-state index contributed by atoms with van der Waals surface area (Å²) in [5.41, 5.74) is 4.15. The van der Waals surface area contributed by atoms with Crippen molar-refractivity contribution in [1.82, 2.24) is 0 Å². The van der Waals surface area contributed by atoms with Gasteiger partial charge in [-0.3, -0.25) is 4.79 Å². The number of benzene rings is 2. The first-order valence-corrected chi connectivity index (χ1v) is 7.17. The fourth-order valence-corrected chi connectivity index (χ4v) is 2.22. The molecule has 0 saturated carbocycles. The fourth-order valence-electron chi connectivity index (χ4n) is 2.22. The first-order valence-electron chi connectivity index (χ1n) is 7.17. The van der Waals surface area contributed by atoms with Gasteiger partial charge in [0.2, 0.25) is 0 Å². The summed E-state index contributed by atoms with van der Waals surface area (Å²) in [5.74, 6) is 0.750. The number of amides is 1. The Bertz CT molecular complexity index is 803. The first-order chi connectivity index (χ1) is 10.6. The maximum atomic E-state index is 12.2. The van der Waals surface area contributed by atoms with E-state index in [2.05, 4.69) is 31.3 Å². The van der Waals surface area contributed by atoms with Gasteiger partial charge in [0.1, 0.15) is 5.76 Å². The zero-order chi connectivity index (χ0) is 15.5. The van der Waals surface area contributed by atoms with Crippen molar-refractivity contribution in [3.8, 4) is 11.3 Å². The molecule has 3 aromatic rings. The Balaban J connectivity index is 1.81. The molecule has 22 heavy (non-hydrogen) atoms. The van der Waals surface area contributed by atoms with Crippen LogP contribution in [0.25, 0.3) is 11.3 Å². The lowest BCUT2D eigenvalue weighted by Gasteiger charge is -2.03. The van der Waals surface area contributed by atoms with Gasteiger partial charge in [-0.1, -0.05) is 30.3 Å². The minimum Gasteiger partial charge on any atom is -0.451 e. The van der Waals surface area contributed by atoms with Crippen LogP contribution in [0.5, 0.6) is 0 Å². The second kappa shape index (κ2) is 5.90. The summed E-state index contributed by atoms with van der Waals surface area (Å²) in [4.78, 5) is 12.2. The topological polar surface area (TPSA) is 42.2 Å². The molecule has 1 amide bonds. The SMILES string of the molecule is Cc1ccc(-c2ccc(C(=O)Nc3ccccc3)o2)cc1C. The number of carbonyl (C=O) groups excluding carboxylic acids is 1. The molecule has 0 aliphatic heterocycles. The van der Waals surface area contributed by atoms with E-state index in [1.807, 2.05) is 42.5 Å². The Kier molecular flexibility index (Phi) is 3.79. The number of carbonyl (C=O) groups is 1. The Morgan fingerprint density at radius 1 is 0.909 bits per heavy atom. The summed E-state index contributed by atoms with van der Waals surface area (Å²) < 4.78 is 5.69. The van der Waals surface area contributed by atoms with Crippen LogP contribution in [0.3, 0.4) is 0 Å². The van der Waals surface area contributed by atoms with E-state index in [9.17, 15) is 4.79 Å². The summed E-state index contributed by atoms with van der Waals surface area (Å²) >= 11 is 0. The minimum absolute atomic E-state index is 0.249. The van der Waals surface area contributed by atoms with Gasteiger partial charge in [0.15, 0.2) is 5.76 Å². The third kappa shape index (κ3) is 2.93. The Morgan fingerprint density at radius 3 is 2.41 bits per heavy atom. The molecule has 0 spiro atoms. The summed E-state index contributed by atoms with van der Waals surface area (Å²) in [5, 5.41) is 2.81. The lowest BCUT2D eigenvalue weighted by atomic mass is 10.1. The number of para-hydroxylation sites is 1. The van der Waals surface area contributed by atoms with E-state index < -0.39 is 0 Å². The average Bonchev–Trinajstić information content (AvgIpc) is 3.01. The largest absolute Gasteiger partial charge is 0.451 e. The highest BCUT2D eigenvalue weighted by molar-refractivity contribution is 6.02. The van der Waals surface area contributed by atoms with Crippen LogP contribution in [0.4, 0.5) is 5.69 Å². The normalized spacial score (nSPS) is 10.5. The Hall–Kier alpha value is -2.81. The molecule has 0 radical (unpaired) electrons. The summed E-state index contributed by atoms with van der Waals surface area (Å²) in [6.07, 6.45) is 0. The number of rotatable bonds is 3. The molecule has 0 aliphatic rings. The van der Waals surface area contributed by atoms with E-state index >= 15 is 0 Å². The molecule has 1 heterocycles. The smallest absolute Gasteiger partial charge is 0.291 e. The predicted octanol–water partition coefficient (Wildman–Crippen LogP) is 4.82. The summed E-state index contributed by atoms with van der Waals surface area (Å²) in [7, 11) is 0. The van der Waals surface area contributed by atoms with Gasteiger partial charge in [0.25, 0.3) is 5.91 Å². The molecule has 0 aliphatic carbocycles. The quantitative estimate of drug-likeness (QED) is 0.752. The maximum absolute atomic E-state index is 12.2. The van der Waals surface area contributed by atoms with Crippen molar-refractivity contribution in [1.29, 1.82) is 0 Å². The lowest BCUT2D eigenvalue weighted by molar-refractivity contribution is 0.0997. The van der Waals surface area contributed by atoms with Gasteiger partial charge in [-0.2, -0.15) is 0 Å². The number of hydrogen-bond donors (Lipinski definition) is 1. The molecule has 2 aromatic carbocycles. The predicted molar refractivity (Wildman–Crippen MR) is 88.0 cm³/mol. The van der Waals surface area contributed by atoms with Crippen molar-refractivity contribution in [2.24, 2.45) is 0 Å². The van der Waals surface area contributed by atoms with Crippen LogP contribution in [-0.2, 0) is 0 Å². The fraction of sp³-hybridized carbons (Fsp3) is 0.105. The molecular weight excluding hydrogens is 274 g/mol. The van der Waals surface area contributed by atoms with Crippen molar-refractivity contribution in [3.05, 3.63) is 77.6 Å². The molecule has 1 N–H and O–H groups in total. The monoisotopic (exact) mass is 291 g/mol. The van der Waals surface area contributed by atoms with Crippen LogP contribution >= 0.6 is 0 Å². The summed E-state index contributed by atoms with van der Waals surface area (Å²) in [6.45, 7) is 4.13. The number of anilines is 1. The van der Waals surface area contributed by atoms with Crippen LogP contribution < -0.4 is 5.32 Å². The van der Waals surface area contributed by atoms with Gasteiger partial charge in [-0.25, -0.2) is 0 Å². The van der Waals surface area contributed by atoms with Gasteiger partial charge < -0.3 is 9.73 Å². The third-order valence-corrected chi connectivity index (χ3v) is 3.65. The van der Waals surface area contributed by atoms with Crippen molar-refractivity contribution in [2.75, 3.05) is 5.32 Å². The first kappa shape index (κ1) is 14.1. The molecule has 3 heteroatoms. The van der Waals surface area contributed by atoms with E-state index in [4.69, 9.17) is 4.42 Å². The average molecular weight is 291 g/mol. The van der Waals surface area contributed by atoms with Gasteiger partial charge in [0, 0.05) is 11.3 Å². The maximum Gasteiger partial charge on any atom is 0.291 e. The molecule has 0 saturated heterocycles. The molecule has 0 atom stereocenters. The van der Waals surface area contributed by atoms with E-state index in [0.717, 1.165) is 11.3 Å². The molecule has 0 bridgehead atoms. The molecule has 3 nitrogen and oxygen atoms in total. The van der Waals surface area contributed by atoms with Crippen LogP contribution in [0.2, 0.25) is 0 Å². The molecule has 110 valence electrons. The second-order valence-electron chi connectivity index (χ2n) is 5.28. The standard InChI is InChI=1S/C19H17NO2/c1-13-8-9-15(12-14(13)2)17-10-11-18(22-17)19(21)20-16-6-4-3-5-7-16/h3-12H,1-2H3,(H,20,21). The van der Waals surface area contributed by atoms with Crippen LogP contribution in [0.1, 0.15) is 21.7 Å². The van der Waals surface area contributed by atoms with Crippen molar-refractivity contribution >= 4 is 11.6 Å². The third-order valence-electron chi connectivity index (χ3n) is 3.65. The minimum atomic E-state index is -0.249. The van der Waals surface area contributed by atoms with E-state index in [-0.39, 0.29) is 5.91 Å². The van der Waals surface area contributed by atoms with Gasteiger partial charge in [-0.15, -0.1) is 0 Å². The number of aryl methyl sites for hydroxylation is 2. The highest BCUT2D eigenvalue weighted by Crippen LogP contribution is 2.24. The molecule has 3 rings (SSSR count).